The average molecular weight is 315 g/mol. The molecular formula is C13H16F3N5O. The van der Waals surface area contributed by atoms with E-state index in [0.29, 0.717) is 32.4 Å². The summed E-state index contributed by atoms with van der Waals surface area (Å²) in [4.78, 5) is 5.32. The molecule has 1 aliphatic rings. The largest absolute Gasteiger partial charge is 0.417 e. The number of amidine groups is 1. The molecule has 6 nitrogen and oxygen atoms in total. The summed E-state index contributed by atoms with van der Waals surface area (Å²) in [6.45, 7) is 1.93. The predicted octanol–water partition coefficient (Wildman–Crippen LogP) is 1.75. The van der Waals surface area contributed by atoms with E-state index in [4.69, 9.17) is 21.3 Å². The molecule has 0 aliphatic carbocycles. The molecule has 1 aliphatic heterocycles. The maximum atomic E-state index is 13.0. The van der Waals surface area contributed by atoms with Gasteiger partial charge in [-0.05, 0) is 6.07 Å². The molecule has 9 heteroatoms. The Morgan fingerprint density at radius 2 is 1.95 bits per heavy atom. The Balaban J connectivity index is 2.17. The Labute approximate surface area is 125 Å². The molecule has 2 heterocycles. The van der Waals surface area contributed by atoms with Crippen molar-refractivity contribution in [2.24, 2.45) is 0 Å². The van der Waals surface area contributed by atoms with Gasteiger partial charge in [-0.25, -0.2) is 4.98 Å². The number of rotatable bonds is 3. The first kappa shape index (κ1) is 16.2. The van der Waals surface area contributed by atoms with Gasteiger partial charge in [-0.3, -0.25) is 5.41 Å². The van der Waals surface area contributed by atoms with Gasteiger partial charge < -0.3 is 20.8 Å². The summed E-state index contributed by atoms with van der Waals surface area (Å²) >= 11 is 0. The fourth-order valence-electron chi connectivity index (χ4n) is 2.15. The Hall–Kier alpha value is -2.16. The van der Waals surface area contributed by atoms with Gasteiger partial charge in [-0.15, -0.1) is 0 Å². The van der Waals surface area contributed by atoms with E-state index in [0.717, 1.165) is 6.20 Å². The van der Waals surface area contributed by atoms with Gasteiger partial charge in [0.15, 0.2) is 0 Å². The van der Waals surface area contributed by atoms with E-state index in [1.54, 1.807) is 4.90 Å². The average Bonchev–Trinajstić information content (AvgIpc) is 2.47. The van der Waals surface area contributed by atoms with Crippen molar-refractivity contribution < 1.29 is 17.9 Å². The van der Waals surface area contributed by atoms with Gasteiger partial charge in [0.05, 0.1) is 18.8 Å². The lowest BCUT2D eigenvalue weighted by Crippen LogP contribution is -2.41. The SMILES string of the molecule is N=C(CC(=N)N1CCOCC1)c1cnc(N)cc1C(F)(F)F. The van der Waals surface area contributed by atoms with Crippen LogP contribution in [0.1, 0.15) is 17.5 Å². The summed E-state index contributed by atoms with van der Waals surface area (Å²) in [5.74, 6) is -0.162. The first-order valence-corrected chi connectivity index (χ1v) is 6.59. The second-order valence-electron chi connectivity index (χ2n) is 4.85. The van der Waals surface area contributed by atoms with E-state index in [1.807, 2.05) is 0 Å². The minimum Gasteiger partial charge on any atom is -0.384 e. The first-order valence-electron chi connectivity index (χ1n) is 6.59. The highest BCUT2D eigenvalue weighted by molar-refractivity contribution is 6.10. The summed E-state index contributed by atoms with van der Waals surface area (Å²) in [5.41, 5.74) is 3.64. The molecule has 0 saturated carbocycles. The number of pyridine rings is 1. The fraction of sp³-hybridized carbons (Fsp3) is 0.462. The topological polar surface area (TPSA) is 99.1 Å². The van der Waals surface area contributed by atoms with Crippen LogP contribution in [0, 0.1) is 10.8 Å². The standard InChI is InChI=1S/C13H16F3N5O/c14-13(15,16)9-5-11(18)20-7-8(9)10(17)6-12(19)21-1-3-22-4-2-21/h5,7,17,19H,1-4,6H2,(H2,18,20). The molecule has 0 aromatic carbocycles. The number of alkyl halides is 3. The second-order valence-corrected chi connectivity index (χ2v) is 4.85. The van der Waals surface area contributed by atoms with Crippen molar-refractivity contribution in [2.45, 2.75) is 12.6 Å². The molecule has 0 spiro atoms. The Morgan fingerprint density at radius 1 is 1.32 bits per heavy atom. The van der Waals surface area contributed by atoms with Gasteiger partial charge in [-0.2, -0.15) is 13.2 Å². The molecule has 120 valence electrons. The van der Waals surface area contributed by atoms with E-state index in [9.17, 15) is 13.2 Å². The van der Waals surface area contributed by atoms with E-state index in [2.05, 4.69) is 4.98 Å². The molecule has 4 N–H and O–H groups in total. The van der Waals surface area contributed by atoms with E-state index in [1.165, 1.54) is 0 Å². The Morgan fingerprint density at radius 3 is 2.55 bits per heavy atom. The third-order valence-corrected chi connectivity index (χ3v) is 3.29. The lowest BCUT2D eigenvalue weighted by molar-refractivity contribution is -0.137. The maximum Gasteiger partial charge on any atom is 0.417 e. The summed E-state index contributed by atoms with van der Waals surface area (Å²) in [6.07, 6.45) is -3.89. The minimum atomic E-state index is -4.63. The van der Waals surface area contributed by atoms with Gasteiger partial charge in [0.1, 0.15) is 11.7 Å². The van der Waals surface area contributed by atoms with Crippen LogP contribution < -0.4 is 5.73 Å². The number of nitrogens with zero attached hydrogens (tertiary/aromatic N) is 2. The molecule has 0 bridgehead atoms. The number of morpholine rings is 1. The summed E-state index contributed by atoms with van der Waals surface area (Å²) < 4.78 is 44.2. The normalized spacial score (nSPS) is 15.7. The van der Waals surface area contributed by atoms with Gasteiger partial charge in [0.2, 0.25) is 0 Å². The van der Waals surface area contributed by atoms with Crippen molar-refractivity contribution in [1.82, 2.24) is 9.88 Å². The van der Waals surface area contributed by atoms with Crippen LogP contribution in [0.3, 0.4) is 0 Å². The third-order valence-electron chi connectivity index (χ3n) is 3.29. The summed E-state index contributed by atoms with van der Waals surface area (Å²) in [5, 5.41) is 15.8. The van der Waals surface area contributed by atoms with Crippen LogP contribution >= 0.6 is 0 Å². The van der Waals surface area contributed by atoms with Gasteiger partial charge in [0, 0.05) is 37.0 Å². The van der Waals surface area contributed by atoms with Crippen molar-refractivity contribution in [3.8, 4) is 0 Å². The highest BCUT2D eigenvalue weighted by Crippen LogP contribution is 2.33. The number of hydrogen-bond donors (Lipinski definition) is 3. The highest BCUT2D eigenvalue weighted by atomic mass is 19.4. The monoisotopic (exact) mass is 315 g/mol. The quantitative estimate of drug-likeness (QED) is 0.584. The number of aromatic nitrogens is 1. The van der Waals surface area contributed by atoms with Crippen LogP contribution in [0.5, 0.6) is 0 Å². The second kappa shape index (κ2) is 6.30. The zero-order valence-electron chi connectivity index (χ0n) is 11.7. The zero-order chi connectivity index (χ0) is 16.3. The predicted molar refractivity (Wildman–Crippen MR) is 75.2 cm³/mol. The minimum absolute atomic E-state index is 0.0956. The molecule has 22 heavy (non-hydrogen) atoms. The van der Waals surface area contributed by atoms with Gasteiger partial charge >= 0.3 is 6.18 Å². The first-order chi connectivity index (χ1) is 10.3. The van der Waals surface area contributed by atoms with Crippen LogP contribution in [0.4, 0.5) is 19.0 Å². The lowest BCUT2D eigenvalue weighted by Gasteiger charge is -2.29. The van der Waals surface area contributed by atoms with Crippen LogP contribution in [0.25, 0.3) is 0 Å². The molecule has 0 unspecified atom stereocenters. The number of nitrogen functional groups attached to an aromatic ring is 1. The van der Waals surface area contributed by atoms with Crippen molar-refractivity contribution in [3.63, 3.8) is 0 Å². The fourth-order valence-corrected chi connectivity index (χ4v) is 2.15. The number of hydrogen-bond acceptors (Lipinski definition) is 5. The van der Waals surface area contributed by atoms with Crippen LogP contribution in [0.2, 0.25) is 0 Å². The molecule has 0 amide bonds. The van der Waals surface area contributed by atoms with Crippen molar-refractivity contribution in [2.75, 3.05) is 32.0 Å². The van der Waals surface area contributed by atoms with Crippen molar-refractivity contribution in [1.29, 1.82) is 10.8 Å². The number of nitrogens with two attached hydrogens (primary N) is 1. The molecule has 0 radical (unpaired) electrons. The number of anilines is 1. The Kier molecular flexibility index (Phi) is 4.65. The van der Waals surface area contributed by atoms with Crippen LogP contribution in [-0.4, -0.2) is 47.7 Å². The Bertz CT molecular complexity index is 582. The molecule has 1 saturated heterocycles. The molecule has 2 rings (SSSR count). The van der Waals surface area contributed by atoms with Crippen LogP contribution in [-0.2, 0) is 10.9 Å². The summed E-state index contributed by atoms with van der Waals surface area (Å²) in [6, 6.07) is 0.711. The smallest absolute Gasteiger partial charge is 0.384 e. The molecule has 1 aromatic rings. The van der Waals surface area contributed by atoms with E-state index in [-0.39, 0.29) is 29.3 Å². The van der Waals surface area contributed by atoms with E-state index >= 15 is 0 Å². The third kappa shape index (κ3) is 3.73. The van der Waals surface area contributed by atoms with Crippen molar-refractivity contribution >= 4 is 17.4 Å². The number of ether oxygens (including phenoxy) is 1. The molecule has 1 fully saturated rings. The summed E-state index contributed by atoms with van der Waals surface area (Å²) in [7, 11) is 0. The highest BCUT2D eigenvalue weighted by Gasteiger charge is 2.35. The van der Waals surface area contributed by atoms with Crippen LogP contribution in [0.15, 0.2) is 12.3 Å². The lowest BCUT2D eigenvalue weighted by atomic mass is 10.0. The molecular weight excluding hydrogens is 299 g/mol. The van der Waals surface area contributed by atoms with E-state index < -0.39 is 11.7 Å². The number of nitrogens with one attached hydrogen (secondary N) is 2. The maximum absolute atomic E-state index is 13.0. The molecule has 0 atom stereocenters. The molecule has 1 aromatic heterocycles. The zero-order valence-corrected chi connectivity index (χ0v) is 11.7. The van der Waals surface area contributed by atoms with Gasteiger partial charge in [-0.1, -0.05) is 0 Å². The van der Waals surface area contributed by atoms with Crippen molar-refractivity contribution in [3.05, 3.63) is 23.4 Å². The van der Waals surface area contributed by atoms with Gasteiger partial charge in [0.25, 0.3) is 0 Å². The number of halogens is 3.